The molecular formula is C21H24Br2N2O. The van der Waals surface area contributed by atoms with E-state index in [0.717, 1.165) is 34.5 Å². The van der Waals surface area contributed by atoms with Crippen molar-refractivity contribution >= 4 is 53.7 Å². The number of fused-ring (bicyclic) bond motifs is 3. The van der Waals surface area contributed by atoms with Crippen LogP contribution >= 0.6 is 31.9 Å². The summed E-state index contributed by atoms with van der Waals surface area (Å²) in [6.45, 7) is 5.90. The van der Waals surface area contributed by atoms with Crippen LogP contribution in [0, 0.1) is 5.92 Å². The van der Waals surface area contributed by atoms with Crippen LogP contribution in [0.2, 0.25) is 0 Å². The Morgan fingerprint density at radius 2 is 1.50 bits per heavy atom. The predicted octanol–water partition coefficient (Wildman–Crippen LogP) is 5.41. The van der Waals surface area contributed by atoms with Gasteiger partial charge in [0.2, 0.25) is 0 Å². The summed E-state index contributed by atoms with van der Waals surface area (Å²) in [5, 5.41) is 13.2. The lowest BCUT2D eigenvalue weighted by molar-refractivity contribution is 0.0817. The van der Waals surface area contributed by atoms with Crippen LogP contribution in [-0.2, 0) is 6.54 Å². The number of hydrogen-bond donors (Lipinski definition) is 1. The number of halogens is 2. The van der Waals surface area contributed by atoms with Crippen molar-refractivity contribution in [2.45, 2.75) is 32.4 Å². The average Bonchev–Trinajstić information content (AvgIpc) is 2.89. The molecule has 1 aliphatic rings. The lowest BCUT2D eigenvalue weighted by Crippen LogP contribution is -2.39. The summed E-state index contributed by atoms with van der Waals surface area (Å²) in [6.07, 6.45) is 2.11. The molecule has 26 heavy (non-hydrogen) atoms. The van der Waals surface area contributed by atoms with Gasteiger partial charge in [-0.3, -0.25) is 0 Å². The van der Waals surface area contributed by atoms with Crippen LogP contribution < -0.4 is 0 Å². The minimum Gasteiger partial charge on any atom is -0.390 e. The number of aliphatic hydroxyl groups excluding tert-OH is 1. The van der Waals surface area contributed by atoms with Crippen LogP contribution in [0.25, 0.3) is 21.8 Å². The topological polar surface area (TPSA) is 28.4 Å². The molecule has 4 rings (SSSR count). The second-order valence-corrected chi connectivity index (χ2v) is 9.40. The van der Waals surface area contributed by atoms with E-state index in [1.807, 2.05) is 0 Å². The Labute approximate surface area is 171 Å². The Kier molecular flexibility index (Phi) is 5.42. The van der Waals surface area contributed by atoms with Crippen molar-refractivity contribution in [3.63, 3.8) is 0 Å². The standard InChI is InChI=1S/C21H24Br2N2O/c1-14-6-8-24(9-7-14)12-17(26)13-25-20-4-2-15(22)10-18(20)19-11-16(23)3-5-21(19)25/h2-5,10-11,14,17,26H,6-9,12-13H2,1H3. The minimum atomic E-state index is -0.366. The zero-order valence-electron chi connectivity index (χ0n) is 15.0. The van der Waals surface area contributed by atoms with E-state index in [-0.39, 0.29) is 6.10 Å². The van der Waals surface area contributed by atoms with Gasteiger partial charge in [-0.05, 0) is 68.2 Å². The van der Waals surface area contributed by atoms with Crippen molar-refractivity contribution < 1.29 is 5.11 Å². The molecule has 0 saturated carbocycles. The zero-order chi connectivity index (χ0) is 18.3. The molecule has 1 fully saturated rings. The Hall–Kier alpha value is -0.880. The highest BCUT2D eigenvalue weighted by molar-refractivity contribution is 9.10. The fourth-order valence-electron chi connectivity index (χ4n) is 4.06. The summed E-state index contributed by atoms with van der Waals surface area (Å²) in [4.78, 5) is 2.41. The predicted molar refractivity (Wildman–Crippen MR) is 116 cm³/mol. The van der Waals surface area contributed by atoms with Gasteiger partial charge in [0, 0.05) is 37.3 Å². The van der Waals surface area contributed by atoms with Crippen LogP contribution in [-0.4, -0.2) is 40.3 Å². The zero-order valence-corrected chi connectivity index (χ0v) is 18.1. The maximum atomic E-state index is 10.8. The van der Waals surface area contributed by atoms with Crippen molar-refractivity contribution in [2.75, 3.05) is 19.6 Å². The molecule has 0 spiro atoms. The molecule has 1 atom stereocenters. The quantitative estimate of drug-likeness (QED) is 0.541. The van der Waals surface area contributed by atoms with Crippen LogP contribution in [0.1, 0.15) is 19.8 Å². The van der Waals surface area contributed by atoms with Crippen molar-refractivity contribution in [1.82, 2.24) is 9.47 Å². The van der Waals surface area contributed by atoms with Gasteiger partial charge < -0.3 is 14.6 Å². The first-order valence-electron chi connectivity index (χ1n) is 9.28. The van der Waals surface area contributed by atoms with Crippen LogP contribution in [0.4, 0.5) is 0 Å². The van der Waals surface area contributed by atoms with E-state index in [1.54, 1.807) is 0 Å². The maximum absolute atomic E-state index is 10.8. The van der Waals surface area contributed by atoms with Crippen molar-refractivity contribution in [2.24, 2.45) is 5.92 Å². The summed E-state index contributed by atoms with van der Waals surface area (Å²) in [5.74, 6) is 0.817. The number of likely N-dealkylation sites (tertiary alicyclic amines) is 1. The SMILES string of the molecule is CC1CCN(CC(O)Cn2c3ccc(Br)cc3c3cc(Br)ccc32)CC1. The van der Waals surface area contributed by atoms with E-state index >= 15 is 0 Å². The number of aliphatic hydroxyl groups is 1. The Balaban J connectivity index is 1.64. The first-order valence-corrected chi connectivity index (χ1v) is 10.9. The summed E-state index contributed by atoms with van der Waals surface area (Å²) in [7, 11) is 0. The third-order valence-electron chi connectivity index (χ3n) is 5.53. The van der Waals surface area contributed by atoms with Gasteiger partial charge in [-0.2, -0.15) is 0 Å². The van der Waals surface area contributed by atoms with Gasteiger partial charge in [-0.1, -0.05) is 38.8 Å². The lowest BCUT2D eigenvalue weighted by Gasteiger charge is -2.31. The average molecular weight is 480 g/mol. The van der Waals surface area contributed by atoms with Crippen LogP contribution in [0.3, 0.4) is 0 Å². The molecule has 0 radical (unpaired) electrons. The lowest BCUT2D eigenvalue weighted by atomic mass is 9.99. The summed E-state index contributed by atoms with van der Waals surface area (Å²) in [5.41, 5.74) is 2.35. The van der Waals surface area contributed by atoms with Gasteiger partial charge in [0.15, 0.2) is 0 Å². The van der Waals surface area contributed by atoms with E-state index in [1.165, 1.54) is 34.6 Å². The fraction of sp³-hybridized carbons (Fsp3) is 0.429. The molecule has 1 aliphatic heterocycles. The van der Waals surface area contributed by atoms with Crippen molar-refractivity contribution in [3.05, 3.63) is 45.3 Å². The smallest absolute Gasteiger partial charge is 0.0845 e. The first-order chi connectivity index (χ1) is 12.5. The minimum absolute atomic E-state index is 0.366. The molecule has 5 heteroatoms. The molecule has 0 bridgehead atoms. The third-order valence-corrected chi connectivity index (χ3v) is 6.51. The Bertz CT molecular complexity index is 869. The highest BCUT2D eigenvalue weighted by Gasteiger charge is 2.20. The molecule has 1 unspecified atom stereocenters. The molecule has 3 nitrogen and oxygen atoms in total. The molecule has 1 saturated heterocycles. The molecule has 3 aromatic rings. The summed E-state index contributed by atoms with van der Waals surface area (Å²) < 4.78 is 4.42. The number of nitrogens with zero attached hydrogens (tertiary/aromatic N) is 2. The molecule has 0 aliphatic carbocycles. The summed E-state index contributed by atoms with van der Waals surface area (Å²) in [6, 6.07) is 12.8. The van der Waals surface area contributed by atoms with Crippen LogP contribution in [0.5, 0.6) is 0 Å². The number of β-amino-alcohol motifs (C(OH)–C–C–N with tert-alkyl or cyclic N) is 1. The third kappa shape index (κ3) is 3.72. The largest absolute Gasteiger partial charge is 0.390 e. The van der Waals surface area contributed by atoms with E-state index in [0.29, 0.717) is 6.54 Å². The van der Waals surface area contributed by atoms with E-state index in [9.17, 15) is 5.11 Å². The molecule has 2 heterocycles. The highest BCUT2D eigenvalue weighted by atomic mass is 79.9. The van der Waals surface area contributed by atoms with Crippen LogP contribution in [0.15, 0.2) is 45.3 Å². The molecule has 138 valence electrons. The number of piperidine rings is 1. The van der Waals surface area contributed by atoms with Gasteiger partial charge in [0.1, 0.15) is 0 Å². The van der Waals surface area contributed by atoms with Crippen molar-refractivity contribution in [1.29, 1.82) is 0 Å². The highest BCUT2D eigenvalue weighted by Crippen LogP contribution is 2.33. The van der Waals surface area contributed by atoms with E-state index < -0.39 is 0 Å². The van der Waals surface area contributed by atoms with Gasteiger partial charge in [0.25, 0.3) is 0 Å². The van der Waals surface area contributed by atoms with E-state index in [4.69, 9.17) is 0 Å². The molecule has 0 amide bonds. The number of rotatable bonds is 4. The summed E-state index contributed by atoms with van der Waals surface area (Å²) >= 11 is 7.18. The monoisotopic (exact) mass is 478 g/mol. The molecule has 2 aromatic carbocycles. The Morgan fingerprint density at radius 1 is 0.962 bits per heavy atom. The molecular weight excluding hydrogens is 456 g/mol. The first kappa shape index (κ1) is 18.5. The van der Waals surface area contributed by atoms with Gasteiger partial charge in [-0.15, -0.1) is 0 Å². The second-order valence-electron chi connectivity index (χ2n) is 7.57. The normalized spacial score (nSPS) is 18.0. The number of benzene rings is 2. The molecule has 1 aromatic heterocycles. The second kappa shape index (κ2) is 7.63. The molecule has 1 N–H and O–H groups in total. The van der Waals surface area contributed by atoms with Crippen molar-refractivity contribution in [3.8, 4) is 0 Å². The number of hydrogen-bond acceptors (Lipinski definition) is 2. The number of aromatic nitrogens is 1. The maximum Gasteiger partial charge on any atom is 0.0845 e. The van der Waals surface area contributed by atoms with Gasteiger partial charge in [-0.25, -0.2) is 0 Å². The Morgan fingerprint density at radius 3 is 2.04 bits per heavy atom. The van der Waals surface area contributed by atoms with Gasteiger partial charge in [0.05, 0.1) is 12.6 Å². The van der Waals surface area contributed by atoms with Gasteiger partial charge >= 0.3 is 0 Å². The fourth-order valence-corrected chi connectivity index (χ4v) is 4.78. The van der Waals surface area contributed by atoms with E-state index in [2.05, 4.69) is 84.6 Å².